The summed E-state index contributed by atoms with van der Waals surface area (Å²) in [5.74, 6) is 0. The lowest BCUT2D eigenvalue weighted by Gasteiger charge is -2.38. The highest BCUT2D eigenvalue weighted by Gasteiger charge is 2.21. The van der Waals surface area contributed by atoms with E-state index in [4.69, 9.17) is 0 Å². The second-order valence-electron chi connectivity index (χ2n) is 2.78. The van der Waals surface area contributed by atoms with Gasteiger partial charge in [0.15, 0.2) is 0 Å². The predicted octanol–water partition coefficient (Wildman–Crippen LogP) is 0.300. The summed E-state index contributed by atoms with van der Waals surface area (Å²) in [4.78, 5) is 2.50. The van der Waals surface area contributed by atoms with E-state index in [1.54, 1.807) is 0 Å². The van der Waals surface area contributed by atoms with Crippen LogP contribution in [-0.2, 0) is 0 Å². The maximum atomic E-state index is 3.15. The highest BCUT2D eigenvalue weighted by Crippen LogP contribution is 2.14. The van der Waals surface area contributed by atoms with Crippen LogP contribution in [-0.4, -0.2) is 37.6 Å². The Labute approximate surface area is 57.2 Å². The summed E-state index contributed by atoms with van der Waals surface area (Å²) < 4.78 is 0. The predicted molar refractivity (Wildman–Crippen MR) is 39.6 cm³/mol. The number of likely N-dealkylation sites (N-methyl/N-ethyl adjacent to an activating group) is 1. The summed E-state index contributed by atoms with van der Waals surface area (Å²) in [6, 6.07) is 0.846. The number of nitrogens with zero attached hydrogens (tertiary/aromatic N) is 1. The smallest absolute Gasteiger partial charge is 0.0110 e. The van der Waals surface area contributed by atoms with Crippen molar-refractivity contribution in [3.05, 3.63) is 0 Å². The van der Waals surface area contributed by atoms with Crippen LogP contribution < -0.4 is 5.32 Å². The highest BCUT2D eigenvalue weighted by atomic mass is 15.2. The number of hydrogen-bond acceptors (Lipinski definition) is 2. The van der Waals surface area contributed by atoms with Gasteiger partial charge >= 0.3 is 0 Å². The molecule has 1 aliphatic rings. The van der Waals surface area contributed by atoms with E-state index in [-0.39, 0.29) is 0 Å². The third-order valence-corrected chi connectivity index (χ3v) is 2.11. The van der Waals surface area contributed by atoms with Crippen molar-refractivity contribution in [3.63, 3.8) is 0 Å². The Hall–Kier alpha value is -0.0800. The molecule has 2 heteroatoms. The Morgan fingerprint density at radius 2 is 2.44 bits per heavy atom. The van der Waals surface area contributed by atoms with E-state index in [0.717, 1.165) is 12.6 Å². The van der Waals surface area contributed by atoms with Gasteiger partial charge in [0.05, 0.1) is 0 Å². The van der Waals surface area contributed by atoms with E-state index in [2.05, 4.69) is 17.1 Å². The van der Waals surface area contributed by atoms with Crippen LogP contribution >= 0.6 is 0 Å². The summed E-state index contributed by atoms with van der Waals surface area (Å²) in [6.45, 7) is 5.95. The summed E-state index contributed by atoms with van der Waals surface area (Å²) in [5.41, 5.74) is 0. The minimum absolute atomic E-state index is 0.846. The van der Waals surface area contributed by atoms with Gasteiger partial charge in [-0.1, -0.05) is 0 Å². The van der Waals surface area contributed by atoms with Crippen molar-refractivity contribution in [2.24, 2.45) is 0 Å². The zero-order valence-corrected chi connectivity index (χ0v) is 6.35. The van der Waals surface area contributed by atoms with Gasteiger partial charge < -0.3 is 5.32 Å². The second-order valence-corrected chi connectivity index (χ2v) is 2.78. The van der Waals surface area contributed by atoms with Gasteiger partial charge in [-0.3, -0.25) is 4.90 Å². The van der Waals surface area contributed by atoms with Crippen LogP contribution in [0, 0.1) is 0 Å². The third-order valence-electron chi connectivity index (χ3n) is 2.11. The van der Waals surface area contributed by atoms with Crippen molar-refractivity contribution in [3.8, 4) is 0 Å². The largest absolute Gasteiger partial charge is 0.318 e. The van der Waals surface area contributed by atoms with E-state index in [1.807, 2.05) is 7.05 Å². The quantitative estimate of drug-likeness (QED) is 0.588. The Balaban J connectivity index is 1.99. The molecule has 1 rings (SSSR count). The molecule has 54 valence electrons. The van der Waals surface area contributed by atoms with Gasteiger partial charge in [-0.05, 0) is 26.9 Å². The van der Waals surface area contributed by atoms with Crippen LogP contribution in [0.5, 0.6) is 0 Å². The molecular weight excluding hydrogens is 112 g/mol. The van der Waals surface area contributed by atoms with Gasteiger partial charge in [-0.2, -0.15) is 0 Å². The van der Waals surface area contributed by atoms with Crippen LogP contribution in [0.4, 0.5) is 0 Å². The SMILES string of the molecule is CNCCN1CCC1C. The molecule has 0 aromatic carbocycles. The Morgan fingerprint density at radius 1 is 1.67 bits per heavy atom. The molecule has 0 bridgehead atoms. The fraction of sp³-hybridized carbons (Fsp3) is 1.00. The molecule has 0 aromatic rings. The van der Waals surface area contributed by atoms with E-state index < -0.39 is 0 Å². The molecule has 2 nitrogen and oxygen atoms in total. The minimum Gasteiger partial charge on any atom is -0.318 e. The molecule has 1 saturated heterocycles. The maximum Gasteiger partial charge on any atom is 0.0110 e. The van der Waals surface area contributed by atoms with Crippen LogP contribution in [0.2, 0.25) is 0 Å². The first-order valence-corrected chi connectivity index (χ1v) is 3.73. The monoisotopic (exact) mass is 128 g/mol. The molecule has 1 atom stereocenters. The average Bonchev–Trinajstić information content (AvgIpc) is 1.86. The van der Waals surface area contributed by atoms with E-state index in [1.165, 1.54) is 19.5 Å². The molecular formula is C7H16N2. The van der Waals surface area contributed by atoms with Crippen molar-refractivity contribution in [1.82, 2.24) is 10.2 Å². The van der Waals surface area contributed by atoms with Gasteiger partial charge in [0.2, 0.25) is 0 Å². The lowest BCUT2D eigenvalue weighted by atomic mass is 10.1. The summed E-state index contributed by atoms with van der Waals surface area (Å²) in [6.07, 6.45) is 1.39. The standard InChI is InChI=1S/C7H16N2/c1-7-3-5-9(7)6-4-8-2/h7-8H,3-6H2,1-2H3. The summed E-state index contributed by atoms with van der Waals surface area (Å²) >= 11 is 0. The van der Waals surface area contributed by atoms with Crippen LogP contribution in [0.1, 0.15) is 13.3 Å². The van der Waals surface area contributed by atoms with Crippen LogP contribution in [0.3, 0.4) is 0 Å². The summed E-state index contributed by atoms with van der Waals surface area (Å²) in [5, 5.41) is 3.15. The van der Waals surface area contributed by atoms with E-state index >= 15 is 0 Å². The Bertz CT molecular complexity index is 83.0. The molecule has 0 radical (unpaired) electrons. The first kappa shape index (κ1) is 7.03. The molecule has 9 heavy (non-hydrogen) atoms. The Morgan fingerprint density at radius 3 is 2.78 bits per heavy atom. The zero-order chi connectivity index (χ0) is 6.69. The fourth-order valence-electron chi connectivity index (χ4n) is 1.16. The van der Waals surface area contributed by atoms with Crippen molar-refractivity contribution in [2.45, 2.75) is 19.4 Å². The fourth-order valence-corrected chi connectivity index (χ4v) is 1.16. The maximum absolute atomic E-state index is 3.15. The van der Waals surface area contributed by atoms with Crippen molar-refractivity contribution in [2.75, 3.05) is 26.7 Å². The molecule has 1 N–H and O–H groups in total. The molecule has 0 saturated carbocycles. The zero-order valence-electron chi connectivity index (χ0n) is 6.35. The van der Waals surface area contributed by atoms with Crippen LogP contribution in [0.25, 0.3) is 0 Å². The topological polar surface area (TPSA) is 15.3 Å². The molecule has 0 amide bonds. The summed E-state index contributed by atoms with van der Waals surface area (Å²) in [7, 11) is 2.00. The molecule has 1 aliphatic heterocycles. The van der Waals surface area contributed by atoms with Crippen molar-refractivity contribution in [1.29, 1.82) is 0 Å². The molecule has 1 heterocycles. The van der Waals surface area contributed by atoms with Gasteiger partial charge in [0.25, 0.3) is 0 Å². The molecule has 1 unspecified atom stereocenters. The van der Waals surface area contributed by atoms with E-state index in [9.17, 15) is 0 Å². The van der Waals surface area contributed by atoms with Gasteiger partial charge in [-0.15, -0.1) is 0 Å². The number of nitrogens with one attached hydrogen (secondary N) is 1. The van der Waals surface area contributed by atoms with Gasteiger partial charge in [0, 0.05) is 19.1 Å². The molecule has 0 aromatic heterocycles. The number of likely N-dealkylation sites (tertiary alicyclic amines) is 1. The van der Waals surface area contributed by atoms with Crippen molar-refractivity contribution < 1.29 is 0 Å². The lowest BCUT2D eigenvalue weighted by molar-refractivity contribution is 0.107. The normalized spacial score (nSPS) is 28.0. The first-order chi connectivity index (χ1) is 4.34. The molecule has 0 aliphatic carbocycles. The van der Waals surface area contributed by atoms with Gasteiger partial charge in [-0.25, -0.2) is 0 Å². The Kier molecular flexibility index (Phi) is 2.49. The van der Waals surface area contributed by atoms with E-state index in [0.29, 0.717) is 0 Å². The second kappa shape index (κ2) is 3.18. The highest BCUT2D eigenvalue weighted by molar-refractivity contribution is 4.78. The van der Waals surface area contributed by atoms with Crippen LogP contribution in [0.15, 0.2) is 0 Å². The molecule has 1 fully saturated rings. The van der Waals surface area contributed by atoms with Gasteiger partial charge in [0.1, 0.15) is 0 Å². The third kappa shape index (κ3) is 1.66. The van der Waals surface area contributed by atoms with Crippen molar-refractivity contribution >= 4 is 0 Å². The number of rotatable bonds is 3. The number of hydrogen-bond donors (Lipinski definition) is 1. The average molecular weight is 128 g/mol. The lowest BCUT2D eigenvalue weighted by Crippen LogP contribution is -2.47. The first-order valence-electron chi connectivity index (χ1n) is 3.73. The molecule has 0 spiro atoms. The minimum atomic E-state index is 0.846.